The van der Waals surface area contributed by atoms with E-state index < -0.39 is 11.8 Å². The minimum atomic E-state index is -2.93. The molecule has 0 aliphatic heterocycles. The smallest absolute Gasteiger partial charge is 0.276 e. The molecule has 1 aromatic rings. The van der Waals surface area contributed by atoms with Gasteiger partial charge in [-0.1, -0.05) is 23.2 Å². The molecule has 0 bridgehead atoms. The summed E-state index contributed by atoms with van der Waals surface area (Å²) in [4.78, 5) is 3.72. The van der Waals surface area contributed by atoms with Gasteiger partial charge in [0.15, 0.2) is 0 Å². The normalized spacial score (nSPS) is 22.8. The maximum atomic E-state index is 14.7. The zero-order valence-electron chi connectivity index (χ0n) is 12.3. The van der Waals surface area contributed by atoms with E-state index in [1.807, 2.05) is 0 Å². The van der Waals surface area contributed by atoms with E-state index in [9.17, 15) is 8.78 Å². The van der Waals surface area contributed by atoms with Crippen molar-refractivity contribution < 1.29 is 8.78 Å². The number of hydrogen-bond donors (Lipinski definition) is 2. The van der Waals surface area contributed by atoms with Crippen LogP contribution in [0.5, 0.6) is 0 Å². The van der Waals surface area contributed by atoms with E-state index in [-0.39, 0.29) is 15.9 Å². The summed E-state index contributed by atoms with van der Waals surface area (Å²) in [5.41, 5.74) is 5.30. The Kier molecular flexibility index (Phi) is 6.38. The molecule has 3 N–H and O–H groups in total. The molecular weight excluding hydrogens is 331 g/mol. The van der Waals surface area contributed by atoms with Gasteiger partial charge in [0, 0.05) is 17.5 Å². The summed E-state index contributed by atoms with van der Waals surface area (Å²) < 4.78 is 29.3. The van der Waals surface area contributed by atoms with Gasteiger partial charge in [-0.2, -0.15) is 0 Å². The van der Waals surface area contributed by atoms with Gasteiger partial charge in [-0.25, -0.2) is 13.8 Å². The van der Waals surface area contributed by atoms with Crippen molar-refractivity contribution in [1.82, 2.24) is 10.3 Å². The highest BCUT2D eigenvalue weighted by atomic mass is 35.5. The largest absolute Gasteiger partial charge is 0.330 e. The molecule has 7 heteroatoms. The van der Waals surface area contributed by atoms with Gasteiger partial charge in [0.05, 0.1) is 0 Å². The Morgan fingerprint density at radius 2 is 1.77 bits per heavy atom. The number of rotatable bonds is 6. The van der Waals surface area contributed by atoms with Gasteiger partial charge in [0.1, 0.15) is 10.3 Å². The summed E-state index contributed by atoms with van der Waals surface area (Å²) in [6.07, 6.45) is 3.36. The van der Waals surface area contributed by atoms with E-state index in [2.05, 4.69) is 10.3 Å². The Morgan fingerprint density at radius 1 is 1.18 bits per heavy atom. The third-order valence-corrected chi connectivity index (χ3v) is 4.59. The number of nitrogens with zero attached hydrogens (tertiary/aromatic N) is 1. The fraction of sp³-hybridized carbons (Fsp3) is 0.667. The van der Waals surface area contributed by atoms with E-state index in [0.29, 0.717) is 25.4 Å². The maximum absolute atomic E-state index is 14.7. The lowest BCUT2D eigenvalue weighted by atomic mass is 9.80. The van der Waals surface area contributed by atoms with Gasteiger partial charge in [-0.3, -0.25) is 0 Å². The standard InChI is InChI=1S/C15H21Cl2F2N3/c16-13-8-11(9-14(17)22-13)15(18,19)10-2-4-12(5-3-10)21-7-1-6-20/h8-10,12,21H,1-7,20H2. The van der Waals surface area contributed by atoms with Gasteiger partial charge in [0.2, 0.25) is 0 Å². The lowest BCUT2D eigenvalue weighted by Gasteiger charge is -2.34. The summed E-state index contributed by atoms with van der Waals surface area (Å²) in [7, 11) is 0. The van der Waals surface area contributed by atoms with Crippen LogP contribution in [-0.2, 0) is 5.92 Å². The second kappa shape index (κ2) is 7.86. The molecule has 3 nitrogen and oxygen atoms in total. The zero-order chi connectivity index (χ0) is 16.2. The number of hydrogen-bond acceptors (Lipinski definition) is 3. The van der Waals surface area contributed by atoms with Gasteiger partial charge in [0.25, 0.3) is 5.92 Å². The van der Waals surface area contributed by atoms with Crippen molar-refractivity contribution in [2.24, 2.45) is 11.7 Å². The van der Waals surface area contributed by atoms with Crippen LogP contribution in [0.2, 0.25) is 10.3 Å². The number of nitrogens with one attached hydrogen (secondary N) is 1. The Labute approximate surface area is 139 Å². The average molecular weight is 352 g/mol. The molecule has 2 rings (SSSR count). The zero-order valence-corrected chi connectivity index (χ0v) is 13.8. The molecule has 22 heavy (non-hydrogen) atoms. The third-order valence-electron chi connectivity index (χ3n) is 4.20. The Morgan fingerprint density at radius 3 is 2.32 bits per heavy atom. The highest BCUT2D eigenvalue weighted by Gasteiger charge is 2.43. The quantitative estimate of drug-likeness (QED) is 0.602. The first-order chi connectivity index (χ1) is 10.4. The van der Waals surface area contributed by atoms with E-state index in [1.165, 1.54) is 12.1 Å². The molecule has 1 aliphatic rings. The van der Waals surface area contributed by atoms with Gasteiger partial charge < -0.3 is 11.1 Å². The third kappa shape index (κ3) is 4.51. The van der Waals surface area contributed by atoms with Gasteiger partial charge in [-0.15, -0.1) is 0 Å². The summed E-state index contributed by atoms with van der Waals surface area (Å²) >= 11 is 11.5. The Bertz CT molecular complexity index is 471. The molecule has 0 aromatic carbocycles. The van der Waals surface area contributed by atoms with Crippen molar-refractivity contribution in [2.75, 3.05) is 13.1 Å². The average Bonchev–Trinajstić information content (AvgIpc) is 2.47. The predicted molar refractivity (Wildman–Crippen MR) is 85.6 cm³/mol. The van der Waals surface area contributed by atoms with Gasteiger partial charge >= 0.3 is 0 Å². The predicted octanol–water partition coefficient (Wildman–Crippen LogP) is 3.98. The lowest BCUT2D eigenvalue weighted by molar-refractivity contribution is -0.0800. The summed E-state index contributed by atoms with van der Waals surface area (Å²) in [6, 6.07) is 2.72. The van der Waals surface area contributed by atoms with Crippen LogP contribution >= 0.6 is 23.2 Å². The van der Waals surface area contributed by atoms with Crippen LogP contribution in [0.15, 0.2) is 12.1 Å². The molecule has 0 atom stereocenters. The minimum absolute atomic E-state index is 0.000637. The first-order valence-corrected chi connectivity index (χ1v) is 8.34. The Balaban J connectivity index is 1.97. The highest BCUT2D eigenvalue weighted by Crippen LogP contribution is 2.44. The van der Waals surface area contributed by atoms with Gasteiger partial charge in [-0.05, 0) is 57.3 Å². The fourth-order valence-corrected chi connectivity index (χ4v) is 3.42. The molecule has 0 unspecified atom stereocenters. The highest BCUT2D eigenvalue weighted by molar-refractivity contribution is 6.32. The van der Waals surface area contributed by atoms with Crippen LogP contribution in [0.4, 0.5) is 8.78 Å². The van der Waals surface area contributed by atoms with Crippen molar-refractivity contribution in [2.45, 2.75) is 44.1 Å². The lowest BCUT2D eigenvalue weighted by Crippen LogP contribution is -2.38. The molecule has 124 valence electrons. The molecule has 1 saturated carbocycles. The SMILES string of the molecule is NCCCNC1CCC(C(F)(F)c2cc(Cl)nc(Cl)c2)CC1. The van der Waals surface area contributed by atoms with Crippen LogP contribution in [0.25, 0.3) is 0 Å². The first-order valence-electron chi connectivity index (χ1n) is 7.58. The fourth-order valence-electron chi connectivity index (χ4n) is 2.96. The van der Waals surface area contributed by atoms with Crippen molar-refractivity contribution in [1.29, 1.82) is 0 Å². The van der Waals surface area contributed by atoms with Crippen molar-refractivity contribution in [3.05, 3.63) is 28.0 Å². The van der Waals surface area contributed by atoms with Crippen LogP contribution in [0.1, 0.15) is 37.7 Å². The minimum Gasteiger partial charge on any atom is -0.330 e. The maximum Gasteiger partial charge on any atom is 0.276 e. The second-order valence-corrected chi connectivity index (χ2v) is 6.54. The molecule has 0 amide bonds. The number of halogens is 4. The van der Waals surface area contributed by atoms with Crippen molar-refractivity contribution in [3.63, 3.8) is 0 Å². The number of alkyl halides is 2. The Hall–Kier alpha value is -0.490. The van der Waals surface area contributed by atoms with E-state index in [1.54, 1.807) is 0 Å². The number of nitrogens with two attached hydrogens (primary N) is 1. The van der Waals surface area contributed by atoms with E-state index >= 15 is 0 Å². The molecule has 1 aromatic heterocycles. The van der Waals surface area contributed by atoms with Crippen LogP contribution in [0.3, 0.4) is 0 Å². The number of pyridine rings is 1. The summed E-state index contributed by atoms with van der Waals surface area (Å²) in [6.45, 7) is 1.49. The molecule has 0 saturated heterocycles. The monoisotopic (exact) mass is 351 g/mol. The molecule has 0 spiro atoms. The van der Waals surface area contributed by atoms with Crippen LogP contribution in [0, 0.1) is 5.92 Å². The second-order valence-electron chi connectivity index (χ2n) is 5.77. The van der Waals surface area contributed by atoms with E-state index in [0.717, 1.165) is 25.8 Å². The molecular formula is C15H21Cl2F2N3. The van der Waals surface area contributed by atoms with Crippen molar-refractivity contribution >= 4 is 23.2 Å². The summed E-state index contributed by atoms with van der Waals surface area (Å²) in [5.74, 6) is -3.62. The molecule has 0 radical (unpaired) electrons. The first kappa shape index (κ1) is 17.9. The summed E-state index contributed by atoms with van der Waals surface area (Å²) in [5, 5.41) is 3.37. The van der Waals surface area contributed by atoms with E-state index in [4.69, 9.17) is 28.9 Å². The topological polar surface area (TPSA) is 50.9 Å². The molecule has 1 fully saturated rings. The number of aromatic nitrogens is 1. The van der Waals surface area contributed by atoms with Crippen LogP contribution < -0.4 is 11.1 Å². The molecule has 1 heterocycles. The molecule has 1 aliphatic carbocycles. The van der Waals surface area contributed by atoms with Crippen molar-refractivity contribution in [3.8, 4) is 0 Å². The van der Waals surface area contributed by atoms with Crippen LogP contribution in [-0.4, -0.2) is 24.1 Å².